The molecule has 1 aliphatic rings. The van der Waals surface area contributed by atoms with Crippen molar-refractivity contribution in [2.75, 3.05) is 5.73 Å². The van der Waals surface area contributed by atoms with Gasteiger partial charge in [-0.1, -0.05) is 12.8 Å². The summed E-state index contributed by atoms with van der Waals surface area (Å²) in [5.74, 6) is 0.793. The van der Waals surface area contributed by atoms with E-state index >= 15 is 0 Å². The Hall–Kier alpha value is -1.98. The molecule has 0 saturated heterocycles. The van der Waals surface area contributed by atoms with Crippen molar-refractivity contribution in [1.82, 2.24) is 20.2 Å². The van der Waals surface area contributed by atoms with Crippen molar-refractivity contribution in [3.05, 3.63) is 24.0 Å². The zero-order valence-electron chi connectivity index (χ0n) is 11.5. The SMILES string of the molecule is CC(C1CCCC1)n1nnnc1-c1cc(N)cc(F)c1. The van der Waals surface area contributed by atoms with Crippen LogP contribution < -0.4 is 5.73 Å². The molecular weight excluding hydrogens is 257 g/mol. The van der Waals surface area contributed by atoms with E-state index < -0.39 is 0 Å². The van der Waals surface area contributed by atoms with Gasteiger partial charge in [-0.3, -0.25) is 0 Å². The Morgan fingerprint density at radius 3 is 2.75 bits per heavy atom. The van der Waals surface area contributed by atoms with E-state index in [1.807, 2.05) is 0 Å². The summed E-state index contributed by atoms with van der Waals surface area (Å²) in [5.41, 5.74) is 6.70. The summed E-state index contributed by atoms with van der Waals surface area (Å²) < 4.78 is 15.3. The van der Waals surface area contributed by atoms with Crippen molar-refractivity contribution in [1.29, 1.82) is 0 Å². The third-order valence-corrected chi connectivity index (χ3v) is 4.14. The molecule has 0 aliphatic heterocycles. The number of nitrogens with two attached hydrogens (primary N) is 1. The predicted molar refractivity (Wildman–Crippen MR) is 74.3 cm³/mol. The van der Waals surface area contributed by atoms with E-state index in [0.29, 0.717) is 23.0 Å². The van der Waals surface area contributed by atoms with Crippen LogP contribution in [0.5, 0.6) is 0 Å². The number of hydrogen-bond donors (Lipinski definition) is 1. The smallest absolute Gasteiger partial charge is 0.182 e. The van der Waals surface area contributed by atoms with E-state index in [2.05, 4.69) is 22.4 Å². The molecule has 1 saturated carbocycles. The van der Waals surface area contributed by atoms with E-state index in [-0.39, 0.29) is 11.9 Å². The molecule has 1 unspecified atom stereocenters. The molecule has 3 rings (SSSR count). The summed E-state index contributed by atoms with van der Waals surface area (Å²) in [6.07, 6.45) is 4.93. The molecule has 0 amide bonds. The van der Waals surface area contributed by atoms with Gasteiger partial charge in [0.15, 0.2) is 5.82 Å². The Balaban J connectivity index is 1.96. The van der Waals surface area contributed by atoms with Gasteiger partial charge in [-0.05, 0) is 54.3 Å². The first-order chi connectivity index (χ1) is 9.65. The summed E-state index contributed by atoms with van der Waals surface area (Å²) in [4.78, 5) is 0. The molecule has 0 spiro atoms. The summed E-state index contributed by atoms with van der Waals surface area (Å²) in [6, 6.07) is 4.62. The number of halogens is 1. The molecule has 6 heteroatoms. The second kappa shape index (κ2) is 5.19. The van der Waals surface area contributed by atoms with Gasteiger partial charge in [0, 0.05) is 11.3 Å². The topological polar surface area (TPSA) is 69.6 Å². The number of tetrazole rings is 1. The zero-order valence-corrected chi connectivity index (χ0v) is 11.5. The molecule has 1 fully saturated rings. The normalized spacial score (nSPS) is 17.5. The van der Waals surface area contributed by atoms with Crippen molar-refractivity contribution in [2.24, 2.45) is 5.92 Å². The molecule has 0 bridgehead atoms. The first-order valence-corrected chi connectivity index (χ1v) is 6.99. The first kappa shape index (κ1) is 13.0. The van der Waals surface area contributed by atoms with Crippen molar-refractivity contribution < 1.29 is 4.39 Å². The minimum Gasteiger partial charge on any atom is -0.399 e. The standard InChI is InChI=1S/C14H18FN5/c1-9(10-4-2-3-5-10)20-14(17-18-19-20)11-6-12(15)8-13(16)7-11/h6-10H,2-5,16H2,1H3. The lowest BCUT2D eigenvalue weighted by atomic mass is 9.99. The Labute approximate surface area is 117 Å². The summed E-state index contributed by atoms with van der Waals surface area (Å²) in [6.45, 7) is 2.12. The maximum Gasteiger partial charge on any atom is 0.182 e. The number of nitrogens with zero attached hydrogens (tertiary/aromatic N) is 4. The number of rotatable bonds is 3. The largest absolute Gasteiger partial charge is 0.399 e. The number of benzene rings is 1. The van der Waals surface area contributed by atoms with Crippen LogP contribution in [0.15, 0.2) is 18.2 Å². The quantitative estimate of drug-likeness (QED) is 0.874. The lowest BCUT2D eigenvalue weighted by molar-refractivity contribution is 0.332. The lowest BCUT2D eigenvalue weighted by Gasteiger charge is -2.19. The van der Waals surface area contributed by atoms with Crippen LogP contribution in [0.1, 0.15) is 38.6 Å². The number of hydrogen-bond acceptors (Lipinski definition) is 4. The summed E-state index contributed by atoms with van der Waals surface area (Å²) in [7, 11) is 0. The van der Waals surface area contributed by atoms with Crippen molar-refractivity contribution in [2.45, 2.75) is 38.6 Å². The second-order valence-corrected chi connectivity index (χ2v) is 5.51. The molecule has 2 N–H and O–H groups in total. The Morgan fingerprint density at radius 2 is 2.05 bits per heavy atom. The van der Waals surface area contributed by atoms with Crippen LogP contribution in [0.25, 0.3) is 11.4 Å². The average molecular weight is 275 g/mol. The van der Waals surface area contributed by atoms with Crippen LogP contribution in [0.4, 0.5) is 10.1 Å². The fourth-order valence-electron chi connectivity index (χ4n) is 3.04. The van der Waals surface area contributed by atoms with Crippen LogP contribution in [-0.2, 0) is 0 Å². The maximum absolute atomic E-state index is 13.5. The van der Waals surface area contributed by atoms with Gasteiger partial charge in [-0.15, -0.1) is 5.10 Å². The van der Waals surface area contributed by atoms with Crippen LogP contribution in [-0.4, -0.2) is 20.2 Å². The molecule has 1 aromatic carbocycles. The van der Waals surface area contributed by atoms with Gasteiger partial charge in [-0.2, -0.15) is 0 Å². The highest BCUT2D eigenvalue weighted by Crippen LogP contribution is 2.35. The Morgan fingerprint density at radius 1 is 1.30 bits per heavy atom. The predicted octanol–water partition coefficient (Wildman–Crippen LogP) is 2.81. The van der Waals surface area contributed by atoms with Gasteiger partial charge >= 0.3 is 0 Å². The van der Waals surface area contributed by atoms with Crippen LogP contribution in [0.2, 0.25) is 0 Å². The van der Waals surface area contributed by atoms with Crippen molar-refractivity contribution in [3.8, 4) is 11.4 Å². The minimum absolute atomic E-state index is 0.215. The van der Waals surface area contributed by atoms with Crippen molar-refractivity contribution in [3.63, 3.8) is 0 Å². The molecule has 20 heavy (non-hydrogen) atoms. The van der Waals surface area contributed by atoms with Crippen molar-refractivity contribution >= 4 is 5.69 Å². The third kappa shape index (κ3) is 2.37. The summed E-state index contributed by atoms with van der Waals surface area (Å²) >= 11 is 0. The Kier molecular flexibility index (Phi) is 3.38. The van der Waals surface area contributed by atoms with E-state index in [1.54, 1.807) is 10.7 Å². The number of nitrogen functional groups attached to an aromatic ring is 1. The van der Waals surface area contributed by atoms with Gasteiger partial charge in [-0.25, -0.2) is 9.07 Å². The molecule has 1 atom stereocenters. The van der Waals surface area contributed by atoms with Gasteiger partial charge in [0.25, 0.3) is 0 Å². The molecule has 5 nitrogen and oxygen atoms in total. The highest BCUT2D eigenvalue weighted by Gasteiger charge is 2.26. The number of aromatic nitrogens is 4. The molecule has 1 aromatic heterocycles. The minimum atomic E-state index is -0.372. The molecule has 2 aromatic rings. The van der Waals surface area contributed by atoms with E-state index in [1.165, 1.54) is 37.8 Å². The fourth-order valence-corrected chi connectivity index (χ4v) is 3.04. The molecule has 106 valence electrons. The lowest BCUT2D eigenvalue weighted by Crippen LogP contribution is -2.16. The third-order valence-electron chi connectivity index (χ3n) is 4.14. The fraction of sp³-hybridized carbons (Fsp3) is 0.500. The van der Waals surface area contributed by atoms with Gasteiger partial charge in [0.05, 0.1) is 6.04 Å². The average Bonchev–Trinajstić information content (AvgIpc) is 3.08. The van der Waals surface area contributed by atoms with E-state index in [9.17, 15) is 4.39 Å². The zero-order chi connectivity index (χ0) is 14.1. The van der Waals surface area contributed by atoms with Gasteiger partial charge in [0.2, 0.25) is 0 Å². The van der Waals surface area contributed by atoms with Gasteiger partial charge in [0.1, 0.15) is 5.82 Å². The van der Waals surface area contributed by atoms with Gasteiger partial charge < -0.3 is 5.73 Å². The molecule has 1 aliphatic carbocycles. The molecule has 1 heterocycles. The number of anilines is 1. The van der Waals surface area contributed by atoms with E-state index in [4.69, 9.17) is 5.73 Å². The van der Waals surface area contributed by atoms with E-state index in [0.717, 1.165) is 0 Å². The molecular formula is C14H18FN5. The maximum atomic E-state index is 13.5. The monoisotopic (exact) mass is 275 g/mol. The Bertz CT molecular complexity index is 583. The van der Waals surface area contributed by atoms with Crippen LogP contribution in [0, 0.1) is 11.7 Å². The van der Waals surface area contributed by atoms with Crippen LogP contribution >= 0.6 is 0 Å². The first-order valence-electron chi connectivity index (χ1n) is 6.99. The highest BCUT2D eigenvalue weighted by molar-refractivity contribution is 5.61. The molecule has 0 radical (unpaired) electrons. The summed E-state index contributed by atoms with van der Waals surface area (Å²) in [5, 5.41) is 11.9. The second-order valence-electron chi connectivity index (χ2n) is 5.51. The van der Waals surface area contributed by atoms with Crippen LogP contribution in [0.3, 0.4) is 0 Å². The highest BCUT2D eigenvalue weighted by atomic mass is 19.1.